The molecule has 0 atom stereocenters. The number of carbonyl (C=O) groups is 1. The third-order valence-corrected chi connectivity index (χ3v) is 4.58. The fourth-order valence-electron chi connectivity index (χ4n) is 3.09. The van der Waals surface area contributed by atoms with E-state index in [9.17, 15) is 9.18 Å². The first kappa shape index (κ1) is 17.8. The number of hydrogen-bond acceptors (Lipinski definition) is 6. The van der Waals surface area contributed by atoms with Crippen molar-refractivity contribution in [3.05, 3.63) is 72.3 Å². The molecule has 1 aromatic carbocycles. The molecule has 1 amide bonds. The van der Waals surface area contributed by atoms with E-state index in [0.717, 1.165) is 11.5 Å². The van der Waals surface area contributed by atoms with Gasteiger partial charge in [-0.3, -0.25) is 9.78 Å². The maximum atomic E-state index is 13.8. The van der Waals surface area contributed by atoms with E-state index < -0.39 is 5.82 Å². The molecule has 0 saturated carbocycles. The normalized spacial score (nSPS) is 14.0. The molecule has 1 N–H and O–H groups in total. The lowest BCUT2D eigenvalue weighted by atomic mass is 10.1. The van der Waals surface area contributed by atoms with Crippen LogP contribution in [0.3, 0.4) is 0 Å². The highest BCUT2D eigenvalue weighted by atomic mass is 19.1. The third-order valence-electron chi connectivity index (χ3n) is 4.58. The summed E-state index contributed by atoms with van der Waals surface area (Å²) in [4.78, 5) is 20.3. The molecule has 1 aliphatic rings. The van der Waals surface area contributed by atoms with E-state index in [4.69, 9.17) is 0 Å². The van der Waals surface area contributed by atoms with Gasteiger partial charge in [-0.2, -0.15) is 0 Å². The highest BCUT2D eigenvalue weighted by Crippen LogP contribution is 2.18. The predicted octanol–water partition coefficient (Wildman–Crippen LogP) is 2.72. The van der Waals surface area contributed by atoms with Crippen LogP contribution in [0.4, 0.5) is 21.7 Å². The Bertz CT molecular complexity index is 942. The summed E-state index contributed by atoms with van der Waals surface area (Å²) in [6, 6.07) is 13.6. The highest BCUT2D eigenvalue weighted by molar-refractivity contribution is 5.94. The zero-order valence-corrected chi connectivity index (χ0v) is 15.1. The molecule has 2 aromatic heterocycles. The Morgan fingerprint density at radius 1 is 0.964 bits per heavy atom. The number of aromatic nitrogens is 3. The van der Waals surface area contributed by atoms with Crippen molar-refractivity contribution in [1.29, 1.82) is 0 Å². The molecule has 3 aromatic rings. The Balaban J connectivity index is 1.36. The third kappa shape index (κ3) is 3.90. The summed E-state index contributed by atoms with van der Waals surface area (Å²) < 4.78 is 13.8. The number of benzene rings is 1. The molecule has 4 rings (SSSR count). The van der Waals surface area contributed by atoms with Crippen molar-refractivity contribution in [3.8, 4) is 0 Å². The molecule has 1 saturated heterocycles. The minimum Gasteiger partial charge on any atom is -0.352 e. The summed E-state index contributed by atoms with van der Waals surface area (Å²) in [6.07, 6.45) is 3.41. The van der Waals surface area contributed by atoms with Crippen molar-refractivity contribution in [2.75, 3.05) is 36.4 Å². The van der Waals surface area contributed by atoms with Crippen molar-refractivity contribution in [3.63, 3.8) is 0 Å². The quantitative estimate of drug-likeness (QED) is 0.753. The first-order valence-corrected chi connectivity index (χ1v) is 9.00. The Hall–Kier alpha value is -3.55. The molecular formula is C20H19FN6O. The summed E-state index contributed by atoms with van der Waals surface area (Å²) in [5.41, 5.74) is 0.950. The number of pyridine rings is 1. The summed E-state index contributed by atoms with van der Waals surface area (Å²) in [7, 11) is 0. The summed E-state index contributed by atoms with van der Waals surface area (Å²) in [6.45, 7) is 2.24. The van der Waals surface area contributed by atoms with Crippen LogP contribution in [0.15, 0.2) is 60.9 Å². The lowest BCUT2D eigenvalue weighted by Crippen LogP contribution is -2.49. The zero-order valence-electron chi connectivity index (χ0n) is 15.1. The van der Waals surface area contributed by atoms with Gasteiger partial charge in [0.15, 0.2) is 11.6 Å². The topological polar surface area (TPSA) is 74.2 Å². The van der Waals surface area contributed by atoms with Crippen LogP contribution in [-0.4, -0.2) is 52.2 Å². The molecule has 8 heteroatoms. The van der Waals surface area contributed by atoms with Gasteiger partial charge in [0, 0.05) is 32.4 Å². The number of nitrogens with zero attached hydrogens (tertiary/aromatic N) is 5. The number of hydrogen-bond donors (Lipinski definition) is 1. The van der Waals surface area contributed by atoms with Gasteiger partial charge in [0.2, 0.25) is 0 Å². The lowest BCUT2D eigenvalue weighted by molar-refractivity contribution is 0.0742. The lowest BCUT2D eigenvalue weighted by Gasteiger charge is -2.35. The van der Waals surface area contributed by atoms with E-state index in [1.807, 2.05) is 24.3 Å². The number of carbonyl (C=O) groups excluding carboxylic acids is 1. The average molecular weight is 378 g/mol. The van der Waals surface area contributed by atoms with Gasteiger partial charge < -0.3 is 15.1 Å². The Morgan fingerprint density at radius 2 is 1.79 bits per heavy atom. The van der Waals surface area contributed by atoms with Crippen molar-refractivity contribution in [2.24, 2.45) is 0 Å². The largest absolute Gasteiger partial charge is 0.352 e. The molecule has 28 heavy (non-hydrogen) atoms. The van der Waals surface area contributed by atoms with Crippen LogP contribution in [0.5, 0.6) is 0 Å². The molecule has 3 heterocycles. The number of halogens is 1. The fourth-order valence-corrected chi connectivity index (χ4v) is 3.09. The summed E-state index contributed by atoms with van der Waals surface area (Å²) in [5.74, 6) is 0.609. The second kappa shape index (κ2) is 7.99. The van der Waals surface area contributed by atoms with E-state index in [1.54, 1.807) is 29.4 Å². The molecule has 7 nitrogen and oxygen atoms in total. The van der Waals surface area contributed by atoms with E-state index in [1.165, 1.54) is 12.1 Å². The van der Waals surface area contributed by atoms with E-state index >= 15 is 0 Å². The maximum absolute atomic E-state index is 13.8. The van der Waals surface area contributed by atoms with Crippen LogP contribution in [0.25, 0.3) is 0 Å². The number of nitrogens with one attached hydrogen (secondary N) is 1. The Kier molecular flexibility index (Phi) is 5.09. The molecule has 142 valence electrons. The molecule has 0 aliphatic carbocycles. The van der Waals surface area contributed by atoms with Gasteiger partial charge in [-0.25, -0.2) is 4.39 Å². The Morgan fingerprint density at radius 3 is 2.46 bits per heavy atom. The van der Waals surface area contributed by atoms with Gasteiger partial charge in [0.25, 0.3) is 5.91 Å². The smallest absolute Gasteiger partial charge is 0.256 e. The van der Waals surface area contributed by atoms with Gasteiger partial charge in [0.1, 0.15) is 5.82 Å². The first-order chi connectivity index (χ1) is 13.7. The van der Waals surface area contributed by atoms with Crippen LogP contribution >= 0.6 is 0 Å². The minimum atomic E-state index is -0.488. The Labute approximate surface area is 161 Å². The van der Waals surface area contributed by atoms with Gasteiger partial charge >= 0.3 is 0 Å². The standard InChI is InChI=1S/C20H19FN6O/c21-17-6-2-1-5-16(17)20(28)27-12-10-26(11-13-27)19-8-7-18(24-25-19)23-15-4-3-9-22-14-15/h1-9,14H,10-13H2,(H,23,24). The molecule has 1 fully saturated rings. The number of piperazine rings is 1. The molecule has 0 bridgehead atoms. The van der Waals surface area contributed by atoms with Crippen LogP contribution in [0.2, 0.25) is 0 Å². The minimum absolute atomic E-state index is 0.113. The SMILES string of the molecule is O=C(c1ccccc1F)N1CCN(c2ccc(Nc3cccnc3)nn2)CC1. The predicted molar refractivity (Wildman–Crippen MR) is 104 cm³/mol. The van der Waals surface area contributed by atoms with Crippen molar-refractivity contribution in [1.82, 2.24) is 20.1 Å². The second-order valence-electron chi connectivity index (χ2n) is 6.40. The van der Waals surface area contributed by atoms with Crippen LogP contribution in [-0.2, 0) is 0 Å². The number of anilines is 3. The molecule has 0 unspecified atom stereocenters. The van der Waals surface area contributed by atoms with E-state index in [-0.39, 0.29) is 11.5 Å². The molecule has 0 spiro atoms. The van der Waals surface area contributed by atoms with Crippen LogP contribution in [0.1, 0.15) is 10.4 Å². The maximum Gasteiger partial charge on any atom is 0.256 e. The van der Waals surface area contributed by atoms with E-state index in [0.29, 0.717) is 32.0 Å². The van der Waals surface area contributed by atoms with Crippen molar-refractivity contribution < 1.29 is 9.18 Å². The van der Waals surface area contributed by atoms with Crippen LogP contribution < -0.4 is 10.2 Å². The van der Waals surface area contributed by atoms with Crippen LogP contribution in [0, 0.1) is 5.82 Å². The monoisotopic (exact) mass is 378 g/mol. The van der Waals surface area contributed by atoms with Gasteiger partial charge in [-0.15, -0.1) is 10.2 Å². The van der Waals surface area contributed by atoms with Gasteiger partial charge in [-0.1, -0.05) is 12.1 Å². The number of amides is 1. The molecule has 0 radical (unpaired) electrons. The number of rotatable bonds is 4. The van der Waals surface area contributed by atoms with Crippen molar-refractivity contribution >= 4 is 23.2 Å². The van der Waals surface area contributed by atoms with Gasteiger partial charge in [-0.05, 0) is 36.4 Å². The fraction of sp³-hybridized carbons (Fsp3) is 0.200. The zero-order chi connectivity index (χ0) is 19.3. The average Bonchev–Trinajstić information content (AvgIpc) is 2.75. The highest BCUT2D eigenvalue weighted by Gasteiger charge is 2.24. The second-order valence-corrected chi connectivity index (χ2v) is 6.40. The van der Waals surface area contributed by atoms with Gasteiger partial charge in [0.05, 0.1) is 17.4 Å². The molecular weight excluding hydrogens is 359 g/mol. The summed E-state index contributed by atoms with van der Waals surface area (Å²) >= 11 is 0. The first-order valence-electron chi connectivity index (χ1n) is 9.00. The van der Waals surface area contributed by atoms with E-state index in [2.05, 4.69) is 25.4 Å². The molecule has 1 aliphatic heterocycles. The summed E-state index contributed by atoms with van der Waals surface area (Å²) in [5, 5.41) is 11.6. The van der Waals surface area contributed by atoms with Crippen molar-refractivity contribution in [2.45, 2.75) is 0 Å².